The summed E-state index contributed by atoms with van der Waals surface area (Å²) in [6, 6.07) is 4.38. The van der Waals surface area contributed by atoms with E-state index in [9.17, 15) is 4.79 Å². The van der Waals surface area contributed by atoms with Gasteiger partial charge in [-0.2, -0.15) is 0 Å². The summed E-state index contributed by atoms with van der Waals surface area (Å²) in [5.41, 5.74) is 6.64. The Morgan fingerprint density at radius 2 is 2.35 bits per heavy atom. The van der Waals surface area contributed by atoms with Gasteiger partial charge in [-0.3, -0.25) is 4.79 Å². The van der Waals surface area contributed by atoms with Crippen molar-refractivity contribution >= 4 is 44.1 Å². The Labute approximate surface area is 127 Å². The molecular weight excluding hydrogens is 346 g/mol. The largest absolute Gasteiger partial charge is 0.496 e. The van der Waals surface area contributed by atoms with Crippen molar-refractivity contribution in [2.45, 2.75) is 6.04 Å². The van der Waals surface area contributed by atoms with Crippen molar-refractivity contribution in [3.63, 3.8) is 0 Å². The maximum atomic E-state index is 10.8. The van der Waals surface area contributed by atoms with Crippen LogP contribution >= 0.6 is 27.3 Å². The Hall–Kier alpha value is -1.64. The highest BCUT2D eigenvalue weighted by molar-refractivity contribution is 9.10. The van der Waals surface area contributed by atoms with E-state index in [1.54, 1.807) is 12.5 Å². The summed E-state index contributed by atoms with van der Waals surface area (Å²) in [5, 5.41) is 14.1. The van der Waals surface area contributed by atoms with E-state index >= 15 is 0 Å². The van der Waals surface area contributed by atoms with Crippen LogP contribution in [0.25, 0.3) is 0 Å². The molecule has 6 nitrogen and oxygen atoms in total. The number of carboxylic acid groups (broad SMARTS) is 1. The van der Waals surface area contributed by atoms with Gasteiger partial charge in [0.1, 0.15) is 11.8 Å². The Balaban J connectivity index is 2.14. The number of benzene rings is 1. The fourth-order valence-electron chi connectivity index (χ4n) is 1.48. The van der Waals surface area contributed by atoms with Crippen molar-refractivity contribution in [3.05, 3.63) is 33.7 Å². The summed E-state index contributed by atoms with van der Waals surface area (Å²) in [5.74, 6) is -0.377. The van der Waals surface area contributed by atoms with Crippen LogP contribution in [0.5, 0.6) is 5.75 Å². The van der Waals surface area contributed by atoms with E-state index in [1.807, 2.05) is 18.2 Å². The number of hydrogen-bond donors (Lipinski definition) is 3. The van der Waals surface area contributed by atoms with Gasteiger partial charge in [0.05, 0.1) is 17.3 Å². The third-order valence-electron chi connectivity index (χ3n) is 2.51. The van der Waals surface area contributed by atoms with Gasteiger partial charge in [0.25, 0.3) is 0 Å². The third kappa shape index (κ3) is 3.27. The Morgan fingerprint density at radius 3 is 2.95 bits per heavy atom. The molecule has 1 aromatic heterocycles. The molecule has 1 aromatic carbocycles. The molecular formula is C12H12BrN3O3S. The normalized spacial score (nSPS) is 11.9. The van der Waals surface area contributed by atoms with Crippen LogP contribution in [0.2, 0.25) is 0 Å². The highest BCUT2D eigenvalue weighted by Gasteiger charge is 2.17. The van der Waals surface area contributed by atoms with Gasteiger partial charge in [-0.1, -0.05) is 0 Å². The van der Waals surface area contributed by atoms with Crippen molar-refractivity contribution in [3.8, 4) is 5.75 Å². The number of nitrogens with one attached hydrogen (secondary N) is 1. The number of carboxylic acids is 1. The van der Waals surface area contributed by atoms with Gasteiger partial charge in [0.15, 0.2) is 5.13 Å². The summed E-state index contributed by atoms with van der Waals surface area (Å²) in [6.07, 6.45) is 0. The molecule has 0 amide bonds. The second-order valence-corrected chi connectivity index (χ2v) is 5.58. The molecule has 0 radical (unpaired) electrons. The van der Waals surface area contributed by atoms with Gasteiger partial charge in [-0.05, 0) is 34.1 Å². The molecule has 0 saturated carbocycles. The van der Waals surface area contributed by atoms with E-state index in [0.717, 1.165) is 15.9 Å². The minimum absolute atomic E-state index is 0.331. The number of carbonyl (C=O) groups is 1. The van der Waals surface area contributed by atoms with E-state index in [2.05, 4.69) is 26.2 Å². The maximum absolute atomic E-state index is 10.8. The highest BCUT2D eigenvalue weighted by atomic mass is 79.9. The molecule has 106 valence electrons. The molecule has 0 aliphatic heterocycles. The molecule has 1 heterocycles. The summed E-state index contributed by atoms with van der Waals surface area (Å²) < 4.78 is 5.95. The lowest BCUT2D eigenvalue weighted by Crippen LogP contribution is -2.20. The predicted octanol–water partition coefficient (Wildman–Crippen LogP) is 2.74. The smallest absolute Gasteiger partial charge is 0.326 e. The first-order chi connectivity index (χ1) is 9.51. The molecule has 4 N–H and O–H groups in total. The second-order valence-electron chi connectivity index (χ2n) is 3.87. The van der Waals surface area contributed by atoms with Gasteiger partial charge in [0.2, 0.25) is 0 Å². The summed E-state index contributed by atoms with van der Waals surface area (Å²) >= 11 is 4.68. The number of hydrogen-bond acceptors (Lipinski definition) is 6. The zero-order chi connectivity index (χ0) is 14.7. The van der Waals surface area contributed by atoms with Crippen molar-refractivity contribution in [2.24, 2.45) is 5.73 Å². The summed E-state index contributed by atoms with van der Waals surface area (Å²) in [6.45, 7) is 0. The fraction of sp³-hybridized carbons (Fsp3) is 0.167. The number of nitrogens with zero attached hydrogens (tertiary/aromatic N) is 1. The van der Waals surface area contributed by atoms with E-state index in [1.165, 1.54) is 11.3 Å². The number of methoxy groups -OCH3 is 1. The van der Waals surface area contributed by atoms with Crippen LogP contribution in [0.4, 0.5) is 10.8 Å². The summed E-state index contributed by atoms with van der Waals surface area (Å²) in [4.78, 5) is 14.9. The quantitative estimate of drug-likeness (QED) is 0.760. The Bertz CT molecular complexity index is 632. The van der Waals surface area contributed by atoms with Crippen LogP contribution in [0, 0.1) is 0 Å². The first kappa shape index (κ1) is 14.8. The fourth-order valence-corrected chi connectivity index (χ4v) is 2.79. The van der Waals surface area contributed by atoms with Crippen LogP contribution in [-0.4, -0.2) is 23.2 Å². The van der Waals surface area contributed by atoms with Crippen LogP contribution in [0.1, 0.15) is 11.7 Å². The van der Waals surface area contributed by atoms with Crippen molar-refractivity contribution in [2.75, 3.05) is 12.4 Å². The number of thiazole rings is 1. The van der Waals surface area contributed by atoms with Gasteiger partial charge in [0, 0.05) is 11.1 Å². The number of anilines is 2. The predicted molar refractivity (Wildman–Crippen MR) is 80.7 cm³/mol. The average Bonchev–Trinajstić information content (AvgIpc) is 2.86. The van der Waals surface area contributed by atoms with Crippen LogP contribution in [0.15, 0.2) is 28.1 Å². The molecule has 1 atom stereocenters. The Kier molecular flexibility index (Phi) is 4.58. The lowest BCUT2D eigenvalue weighted by Gasteiger charge is -2.07. The van der Waals surface area contributed by atoms with Crippen LogP contribution < -0.4 is 15.8 Å². The number of aliphatic carboxylic acids is 1. The number of rotatable bonds is 5. The minimum atomic E-state index is -1.11. The number of aromatic nitrogens is 1. The first-order valence-corrected chi connectivity index (χ1v) is 7.23. The van der Waals surface area contributed by atoms with E-state index in [-0.39, 0.29) is 0 Å². The number of halogens is 1. The molecule has 0 aliphatic carbocycles. The van der Waals surface area contributed by atoms with Gasteiger partial charge in [-0.15, -0.1) is 11.3 Å². The van der Waals surface area contributed by atoms with Crippen molar-refractivity contribution in [1.29, 1.82) is 0 Å². The molecule has 0 aliphatic rings. The van der Waals surface area contributed by atoms with Gasteiger partial charge < -0.3 is 20.9 Å². The topological polar surface area (TPSA) is 97.5 Å². The third-order valence-corrected chi connectivity index (χ3v) is 3.91. The summed E-state index contributed by atoms with van der Waals surface area (Å²) in [7, 11) is 1.59. The van der Waals surface area contributed by atoms with Gasteiger partial charge in [-0.25, -0.2) is 4.98 Å². The molecule has 0 bridgehead atoms. The van der Waals surface area contributed by atoms with Gasteiger partial charge >= 0.3 is 5.97 Å². The standard InChI is InChI=1S/C12H12BrN3O3S/c1-19-9-3-2-6(4-7(9)13)15-12-16-8(5-20-12)10(14)11(17)18/h2-5,10H,14H2,1H3,(H,15,16)(H,17,18). The highest BCUT2D eigenvalue weighted by Crippen LogP contribution is 2.30. The van der Waals surface area contributed by atoms with E-state index in [0.29, 0.717) is 10.8 Å². The molecule has 20 heavy (non-hydrogen) atoms. The second kappa shape index (κ2) is 6.21. The maximum Gasteiger partial charge on any atom is 0.326 e. The lowest BCUT2D eigenvalue weighted by atomic mass is 10.2. The van der Waals surface area contributed by atoms with Crippen molar-refractivity contribution < 1.29 is 14.6 Å². The van der Waals surface area contributed by atoms with Crippen LogP contribution in [0.3, 0.4) is 0 Å². The zero-order valence-corrected chi connectivity index (χ0v) is 12.9. The molecule has 8 heteroatoms. The Morgan fingerprint density at radius 1 is 1.60 bits per heavy atom. The average molecular weight is 358 g/mol. The number of nitrogens with two attached hydrogens (primary N) is 1. The van der Waals surface area contributed by atoms with E-state index in [4.69, 9.17) is 15.6 Å². The lowest BCUT2D eigenvalue weighted by molar-refractivity contribution is -0.138. The van der Waals surface area contributed by atoms with Crippen molar-refractivity contribution in [1.82, 2.24) is 4.98 Å². The minimum Gasteiger partial charge on any atom is -0.496 e. The zero-order valence-electron chi connectivity index (χ0n) is 10.5. The molecule has 2 rings (SSSR count). The molecule has 0 spiro atoms. The van der Waals surface area contributed by atoms with E-state index < -0.39 is 12.0 Å². The molecule has 1 unspecified atom stereocenters. The van der Waals surface area contributed by atoms with Crippen LogP contribution in [-0.2, 0) is 4.79 Å². The first-order valence-electron chi connectivity index (χ1n) is 5.55. The molecule has 2 aromatic rings. The monoisotopic (exact) mass is 357 g/mol. The number of ether oxygens (including phenoxy) is 1. The SMILES string of the molecule is COc1ccc(Nc2nc(C(N)C(=O)O)cs2)cc1Br. The molecule has 0 saturated heterocycles. The molecule has 0 fully saturated rings.